The van der Waals surface area contributed by atoms with Gasteiger partial charge in [0.05, 0.1) is 0 Å². The van der Waals surface area contributed by atoms with Gasteiger partial charge in [-0.3, -0.25) is 9.89 Å². The molecule has 21 heavy (non-hydrogen) atoms. The Hall–Kier alpha value is -2.57. The number of carbonyl (C=O) groups excluding carboxylic acids is 1. The first-order valence-corrected chi connectivity index (χ1v) is 7.06. The number of aromatic amines is 1. The summed E-state index contributed by atoms with van der Waals surface area (Å²) in [5.41, 5.74) is 7.28. The van der Waals surface area contributed by atoms with E-state index in [0.717, 1.165) is 18.8 Å². The number of nitrogens with two attached hydrogens (primary N) is 1. The molecule has 0 atom stereocenters. The van der Waals surface area contributed by atoms with Gasteiger partial charge in [-0.2, -0.15) is 4.98 Å². The van der Waals surface area contributed by atoms with Crippen molar-refractivity contribution in [3.8, 4) is 0 Å². The second-order valence-corrected chi connectivity index (χ2v) is 5.09. The molecule has 2 aromatic rings. The molecule has 0 saturated carbocycles. The summed E-state index contributed by atoms with van der Waals surface area (Å²) in [6, 6.07) is 7.83. The number of amides is 1. The Labute approximate surface area is 122 Å². The van der Waals surface area contributed by atoms with Crippen LogP contribution in [0.4, 0.5) is 17.3 Å². The van der Waals surface area contributed by atoms with Crippen LogP contribution in [0.2, 0.25) is 0 Å². The highest BCUT2D eigenvalue weighted by atomic mass is 16.2. The van der Waals surface area contributed by atoms with E-state index in [1.165, 1.54) is 24.9 Å². The number of aromatic nitrogens is 3. The minimum atomic E-state index is -0.357. The average Bonchev–Trinajstić information content (AvgIpc) is 2.96. The van der Waals surface area contributed by atoms with Crippen LogP contribution in [0.1, 0.15) is 29.9 Å². The van der Waals surface area contributed by atoms with Gasteiger partial charge in [0, 0.05) is 24.5 Å². The highest BCUT2D eigenvalue weighted by Gasteiger charge is 2.13. The van der Waals surface area contributed by atoms with Crippen LogP contribution in [-0.2, 0) is 0 Å². The van der Waals surface area contributed by atoms with E-state index in [2.05, 4.69) is 25.4 Å². The molecule has 1 amide bonds. The molecule has 0 spiro atoms. The molecule has 1 aromatic heterocycles. The number of carbonyl (C=O) groups is 1. The molecule has 0 bridgehead atoms. The lowest BCUT2D eigenvalue weighted by Gasteiger charge is -2.28. The van der Waals surface area contributed by atoms with E-state index in [-0.39, 0.29) is 17.7 Å². The molecule has 0 aliphatic carbocycles. The van der Waals surface area contributed by atoms with Crippen molar-refractivity contribution in [3.05, 3.63) is 30.1 Å². The smallest absolute Gasteiger partial charge is 0.293 e. The number of hydrogen-bond acceptors (Lipinski definition) is 5. The molecule has 1 aliphatic heterocycles. The summed E-state index contributed by atoms with van der Waals surface area (Å²) >= 11 is 0. The first-order valence-electron chi connectivity index (χ1n) is 7.06. The van der Waals surface area contributed by atoms with Gasteiger partial charge >= 0.3 is 0 Å². The molecule has 0 unspecified atom stereocenters. The Balaban J connectivity index is 1.65. The third kappa shape index (κ3) is 3.13. The maximum absolute atomic E-state index is 11.9. The number of nitrogens with zero attached hydrogens (tertiary/aromatic N) is 3. The zero-order valence-electron chi connectivity index (χ0n) is 11.7. The molecular weight excluding hydrogens is 268 g/mol. The van der Waals surface area contributed by atoms with Gasteiger partial charge in [0.2, 0.25) is 11.8 Å². The topological polar surface area (TPSA) is 99.9 Å². The lowest BCUT2D eigenvalue weighted by molar-refractivity contribution is 0.101. The van der Waals surface area contributed by atoms with Gasteiger partial charge in [0.15, 0.2) is 0 Å². The van der Waals surface area contributed by atoms with Gasteiger partial charge < -0.3 is 16.0 Å². The van der Waals surface area contributed by atoms with E-state index in [9.17, 15) is 4.79 Å². The standard InChI is InChI=1S/C14H18N6O/c15-14-17-12(18-19-14)13(21)16-10-4-6-11(7-5-10)20-8-2-1-3-9-20/h4-7H,1-3,8-9H2,(H,16,21)(H3,15,17,18,19). The Morgan fingerprint density at radius 1 is 1.19 bits per heavy atom. The minimum Gasteiger partial charge on any atom is -0.372 e. The molecule has 1 aliphatic rings. The van der Waals surface area contributed by atoms with Crippen LogP contribution < -0.4 is 16.0 Å². The maximum atomic E-state index is 11.9. The van der Waals surface area contributed by atoms with Crippen molar-refractivity contribution >= 4 is 23.2 Å². The van der Waals surface area contributed by atoms with Crippen LogP contribution in [0.15, 0.2) is 24.3 Å². The lowest BCUT2D eigenvalue weighted by atomic mass is 10.1. The van der Waals surface area contributed by atoms with Crippen molar-refractivity contribution in [1.29, 1.82) is 0 Å². The van der Waals surface area contributed by atoms with Crippen LogP contribution in [0.25, 0.3) is 0 Å². The molecule has 1 aromatic carbocycles. The molecule has 1 saturated heterocycles. The molecule has 0 radical (unpaired) electrons. The number of nitrogens with one attached hydrogen (secondary N) is 2. The zero-order valence-corrected chi connectivity index (χ0v) is 11.7. The average molecular weight is 286 g/mol. The molecule has 110 valence electrons. The van der Waals surface area contributed by atoms with E-state index in [4.69, 9.17) is 5.73 Å². The van der Waals surface area contributed by atoms with Crippen molar-refractivity contribution in [3.63, 3.8) is 0 Å². The van der Waals surface area contributed by atoms with E-state index >= 15 is 0 Å². The van der Waals surface area contributed by atoms with Gasteiger partial charge in [0.25, 0.3) is 5.91 Å². The second-order valence-electron chi connectivity index (χ2n) is 5.09. The van der Waals surface area contributed by atoms with Crippen LogP contribution in [0.3, 0.4) is 0 Å². The fraction of sp³-hybridized carbons (Fsp3) is 0.357. The van der Waals surface area contributed by atoms with Crippen molar-refractivity contribution in [1.82, 2.24) is 15.2 Å². The first-order chi connectivity index (χ1) is 10.2. The summed E-state index contributed by atoms with van der Waals surface area (Å²) < 4.78 is 0. The molecular formula is C14H18N6O. The predicted molar refractivity (Wildman–Crippen MR) is 81.3 cm³/mol. The quantitative estimate of drug-likeness (QED) is 0.796. The largest absolute Gasteiger partial charge is 0.372 e. The van der Waals surface area contributed by atoms with Gasteiger partial charge in [0.1, 0.15) is 0 Å². The summed E-state index contributed by atoms with van der Waals surface area (Å²) in [5.74, 6) is -0.196. The van der Waals surface area contributed by atoms with Crippen LogP contribution in [-0.4, -0.2) is 34.2 Å². The Kier molecular flexibility index (Phi) is 3.72. The fourth-order valence-electron chi connectivity index (χ4n) is 2.47. The van der Waals surface area contributed by atoms with E-state index in [1.807, 2.05) is 24.3 Å². The number of benzene rings is 1. The summed E-state index contributed by atoms with van der Waals surface area (Å²) in [6.45, 7) is 2.20. The Bertz CT molecular complexity index is 615. The number of H-pyrrole nitrogens is 1. The molecule has 7 heteroatoms. The summed E-state index contributed by atoms with van der Waals surface area (Å²) in [5, 5.41) is 8.87. The Morgan fingerprint density at radius 3 is 2.52 bits per heavy atom. The molecule has 2 heterocycles. The van der Waals surface area contributed by atoms with Crippen molar-refractivity contribution in [2.24, 2.45) is 0 Å². The van der Waals surface area contributed by atoms with Gasteiger partial charge in [-0.15, -0.1) is 5.10 Å². The summed E-state index contributed by atoms with van der Waals surface area (Å²) in [6.07, 6.45) is 3.79. The number of anilines is 3. The van der Waals surface area contributed by atoms with Gasteiger partial charge in [-0.1, -0.05) is 0 Å². The molecule has 1 fully saturated rings. The van der Waals surface area contributed by atoms with Crippen LogP contribution in [0.5, 0.6) is 0 Å². The van der Waals surface area contributed by atoms with E-state index in [0.29, 0.717) is 0 Å². The highest BCUT2D eigenvalue weighted by molar-refractivity contribution is 6.01. The maximum Gasteiger partial charge on any atom is 0.293 e. The first kappa shape index (κ1) is 13.4. The lowest BCUT2D eigenvalue weighted by Crippen LogP contribution is -2.29. The predicted octanol–water partition coefficient (Wildman–Crippen LogP) is 1.63. The van der Waals surface area contributed by atoms with E-state index in [1.54, 1.807) is 0 Å². The normalized spacial score (nSPS) is 15.0. The van der Waals surface area contributed by atoms with Crippen LogP contribution >= 0.6 is 0 Å². The van der Waals surface area contributed by atoms with Crippen molar-refractivity contribution in [2.45, 2.75) is 19.3 Å². The SMILES string of the molecule is Nc1n[nH]c(C(=O)Nc2ccc(N3CCCCC3)cc2)n1. The second kappa shape index (κ2) is 5.82. The van der Waals surface area contributed by atoms with Crippen molar-refractivity contribution in [2.75, 3.05) is 29.0 Å². The van der Waals surface area contributed by atoms with E-state index < -0.39 is 0 Å². The van der Waals surface area contributed by atoms with Crippen molar-refractivity contribution < 1.29 is 4.79 Å². The minimum absolute atomic E-state index is 0.0561. The van der Waals surface area contributed by atoms with Gasteiger partial charge in [-0.05, 0) is 43.5 Å². The highest BCUT2D eigenvalue weighted by Crippen LogP contribution is 2.21. The monoisotopic (exact) mass is 286 g/mol. The third-order valence-electron chi connectivity index (χ3n) is 3.56. The number of nitrogen functional groups attached to an aromatic ring is 1. The third-order valence-corrected chi connectivity index (χ3v) is 3.56. The summed E-state index contributed by atoms with van der Waals surface area (Å²) in [7, 11) is 0. The summed E-state index contributed by atoms with van der Waals surface area (Å²) in [4.78, 5) is 18.1. The Morgan fingerprint density at radius 2 is 1.90 bits per heavy atom. The zero-order chi connectivity index (χ0) is 14.7. The number of rotatable bonds is 3. The molecule has 4 N–H and O–H groups in total. The molecule has 7 nitrogen and oxygen atoms in total. The van der Waals surface area contributed by atoms with Crippen LogP contribution in [0, 0.1) is 0 Å². The fourth-order valence-corrected chi connectivity index (χ4v) is 2.47. The van der Waals surface area contributed by atoms with Gasteiger partial charge in [-0.25, -0.2) is 0 Å². The number of piperidine rings is 1. The number of hydrogen-bond donors (Lipinski definition) is 3. The molecule has 3 rings (SSSR count).